The molecule has 1 fully saturated rings. The monoisotopic (exact) mass is 838 g/mol. The first kappa shape index (κ1) is 40.8. The van der Waals surface area contributed by atoms with Gasteiger partial charge in [0.2, 0.25) is 0 Å². The molecule has 0 saturated carbocycles. The van der Waals surface area contributed by atoms with E-state index in [0.29, 0.717) is 39.2 Å². The second-order valence-corrected chi connectivity index (χ2v) is 14.9. The number of methoxy groups -OCH3 is 1. The van der Waals surface area contributed by atoms with Crippen molar-refractivity contribution >= 4 is 46.6 Å². The Hall–Kier alpha value is -6.98. The van der Waals surface area contributed by atoms with Crippen molar-refractivity contribution in [1.82, 2.24) is 19.5 Å². The van der Waals surface area contributed by atoms with Gasteiger partial charge in [-0.2, -0.15) is 0 Å². The molecule has 1 aliphatic rings. The fraction of sp³-hybridized carbons (Fsp3) is 0.178. The van der Waals surface area contributed by atoms with Crippen LogP contribution >= 0.6 is 12.0 Å². The number of esters is 1. The molecule has 15 nitrogen and oxygen atoms in total. The van der Waals surface area contributed by atoms with Crippen LogP contribution in [0.1, 0.15) is 55.3 Å². The number of hydrogen-bond donors (Lipinski definition) is 2. The standard InChI is InChI=1S/C45H38N6O9S/c1-57-34-19-17-28(18-20-34)39-32(24-59-61-41(29-11-5-2-6-12-29)30-13-7-3-8-14-30)21-33(51(55)56)22-35(39)45(54)58-25-37-36(52)23-38(60-37)50-27-48-40-42(46-26-47-43(40)50)49-44(53)31-15-9-4-10-16-31/h2-22,26-27,36-38,41,52H,23-25H2,1H3,(H,46,47,49,53)/t36-,37+,38+/m0/s1. The number of carbonyl (C=O) groups excluding carboxylic acids is 2. The Morgan fingerprint density at radius 3 is 2.26 bits per heavy atom. The Balaban J connectivity index is 1.02. The van der Waals surface area contributed by atoms with Gasteiger partial charge in [0.1, 0.15) is 31.0 Å². The summed E-state index contributed by atoms with van der Waals surface area (Å²) in [6, 6.07) is 37.8. The average molecular weight is 839 g/mol. The Bertz CT molecular complexity index is 2610. The number of aliphatic hydroxyl groups excluding tert-OH is 1. The maximum absolute atomic E-state index is 14.1. The fourth-order valence-electron chi connectivity index (χ4n) is 7.08. The molecule has 5 aromatic carbocycles. The Kier molecular flexibility index (Phi) is 12.4. The highest BCUT2D eigenvalue weighted by atomic mass is 32.2. The third kappa shape index (κ3) is 9.12. The van der Waals surface area contributed by atoms with Crippen LogP contribution in [-0.2, 0) is 20.3 Å². The van der Waals surface area contributed by atoms with Gasteiger partial charge < -0.3 is 28.8 Å². The molecule has 0 bridgehead atoms. The predicted molar refractivity (Wildman–Crippen MR) is 227 cm³/mol. The average Bonchev–Trinajstić information content (AvgIpc) is 3.91. The number of nitro benzene ring substituents is 1. The minimum Gasteiger partial charge on any atom is -0.497 e. The van der Waals surface area contributed by atoms with Crippen LogP contribution in [-0.4, -0.2) is 67.3 Å². The summed E-state index contributed by atoms with van der Waals surface area (Å²) in [4.78, 5) is 51.6. The molecule has 3 atom stereocenters. The van der Waals surface area contributed by atoms with Crippen molar-refractivity contribution < 1.29 is 38.0 Å². The van der Waals surface area contributed by atoms with Crippen molar-refractivity contribution in [3.63, 3.8) is 0 Å². The highest BCUT2D eigenvalue weighted by molar-refractivity contribution is 7.95. The van der Waals surface area contributed by atoms with Crippen LogP contribution in [0.2, 0.25) is 0 Å². The van der Waals surface area contributed by atoms with E-state index in [9.17, 15) is 24.8 Å². The lowest BCUT2D eigenvalue weighted by Gasteiger charge is -2.19. The van der Waals surface area contributed by atoms with Crippen molar-refractivity contribution in [1.29, 1.82) is 0 Å². The maximum atomic E-state index is 14.1. The molecule has 7 aromatic rings. The number of carbonyl (C=O) groups is 2. The molecule has 2 aromatic heterocycles. The molecule has 16 heteroatoms. The van der Waals surface area contributed by atoms with E-state index in [2.05, 4.69) is 20.3 Å². The molecule has 0 radical (unpaired) electrons. The van der Waals surface area contributed by atoms with E-state index in [-0.39, 0.29) is 47.9 Å². The molecule has 8 rings (SSSR count). The molecule has 1 amide bonds. The number of ether oxygens (including phenoxy) is 3. The molecule has 0 unspecified atom stereocenters. The summed E-state index contributed by atoms with van der Waals surface area (Å²) in [6.07, 6.45) is 0.0553. The Labute approximate surface area is 353 Å². The fourth-order valence-corrected chi connectivity index (χ4v) is 7.95. The normalized spacial score (nSPS) is 16.1. The Morgan fingerprint density at radius 1 is 0.934 bits per heavy atom. The second-order valence-electron chi connectivity index (χ2n) is 14.0. The van der Waals surface area contributed by atoms with Gasteiger partial charge in [0, 0.05) is 41.7 Å². The zero-order valence-electron chi connectivity index (χ0n) is 32.6. The molecule has 1 saturated heterocycles. The van der Waals surface area contributed by atoms with Gasteiger partial charge in [-0.3, -0.25) is 19.5 Å². The first-order chi connectivity index (χ1) is 29.8. The van der Waals surface area contributed by atoms with E-state index in [0.717, 1.165) is 11.1 Å². The SMILES string of the molecule is COc1ccc(-c2c(COSC(c3ccccc3)c3ccccc3)cc([N+](=O)[O-])cc2C(=O)OC[C@H]2O[C@@H](n3cnc4c(NC(=O)c5ccccc5)ncnc43)C[C@@H]2O)cc1. The largest absolute Gasteiger partial charge is 0.497 e. The molecule has 308 valence electrons. The van der Waals surface area contributed by atoms with Crippen LogP contribution in [0.25, 0.3) is 22.3 Å². The van der Waals surface area contributed by atoms with Crippen molar-refractivity contribution in [2.75, 3.05) is 19.0 Å². The van der Waals surface area contributed by atoms with Gasteiger partial charge in [0.05, 0.1) is 41.9 Å². The molecular formula is C45H38N6O9S. The summed E-state index contributed by atoms with van der Waals surface area (Å²) in [5.74, 6) is -0.471. The number of imidazole rings is 1. The van der Waals surface area contributed by atoms with Crippen LogP contribution in [0.15, 0.2) is 140 Å². The first-order valence-corrected chi connectivity index (χ1v) is 20.0. The molecular weight excluding hydrogens is 801 g/mol. The number of non-ortho nitro benzene ring substituents is 1. The number of rotatable bonds is 15. The van der Waals surface area contributed by atoms with Gasteiger partial charge in [-0.25, -0.2) is 19.7 Å². The quantitative estimate of drug-likeness (QED) is 0.0436. The summed E-state index contributed by atoms with van der Waals surface area (Å²) in [5.41, 5.74) is 4.02. The van der Waals surface area contributed by atoms with Crippen molar-refractivity contribution in [2.45, 2.75) is 36.7 Å². The van der Waals surface area contributed by atoms with Crippen molar-refractivity contribution in [2.24, 2.45) is 0 Å². The van der Waals surface area contributed by atoms with Gasteiger partial charge in [-0.15, -0.1) is 0 Å². The summed E-state index contributed by atoms with van der Waals surface area (Å²) in [7, 11) is 1.53. The number of hydrogen-bond acceptors (Lipinski definition) is 13. The first-order valence-electron chi connectivity index (χ1n) is 19.2. The topological polar surface area (TPSA) is 190 Å². The predicted octanol–water partition coefficient (Wildman–Crippen LogP) is 8.12. The molecule has 61 heavy (non-hydrogen) atoms. The molecule has 3 heterocycles. The van der Waals surface area contributed by atoms with E-state index in [1.54, 1.807) is 59.2 Å². The zero-order chi connectivity index (χ0) is 42.3. The summed E-state index contributed by atoms with van der Waals surface area (Å²) in [6.45, 7) is -0.477. The number of benzene rings is 5. The smallest absolute Gasteiger partial charge is 0.339 e. The highest BCUT2D eigenvalue weighted by Gasteiger charge is 2.37. The Morgan fingerprint density at radius 2 is 1.61 bits per heavy atom. The van der Waals surface area contributed by atoms with Crippen molar-refractivity contribution in [3.8, 4) is 16.9 Å². The third-order valence-electron chi connectivity index (χ3n) is 10.1. The van der Waals surface area contributed by atoms with E-state index >= 15 is 0 Å². The van der Waals surface area contributed by atoms with Crippen LogP contribution < -0.4 is 10.1 Å². The van der Waals surface area contributed by atoms with Gasteiger partial charge in [-0.1, -0.05) is 91.0 Å². The summed E-state index contributed by atoms with van der Waals surface area (Å²) in [5, 5.41) is 26.0. The van der Waals surface area contributed by atoms with Gasteiger partial charge in [-0.05, 0) is 46.5 Å². The van der Waals surface area contributed by atoms with E-state index in [4.69, 9.17) is 18.4 Å². The van der Waals surface area contributed by atoms with Crippen LogP contribution in [0.3, 0.4) is 0 Å². The van der Waals surface area contributed by atoms with E-state index < -0.39 is 29.3 Å². The highest BCUT2D eigenvalue weighted by Crippen LogP contribution is 2.40. The number of nitrogens with one attached hydrogen (secondary N) is 1. The second kappa shape index (κ2) is 18.5. The lowest BCUT2D eigenvalue weighted by atomic mass is 9.93. The van der Waals surface area contributed by atoms with E-state index in [1.165, 1.54) is 43.9 Å². The number of fused-ring (bicyclic) bond motifs is 1. The minimum atomic E-state index is -1.07. The lowest BCUT2D eigenvalue weighted by molar-refractivity contribution is -0.385. The van der Waals surface area contributed by atoms with E-state index in [1.807, 2.05) is 60.7 Å². The molecule has 0 aliphatic carbocycles. The number of anilines is 1. The summed E-state index contributed by atoms with van der Waals surface area (Å²) < 4.78 is 25.2. The number of amides is 1. The zero-order valence-corrected chi connectivity index (χ0v) is 33.4. The van der Waals surface area contributed by atoms with Crippen LogP contribution in [0, 0.1) is 10.1 Å². The van der Waals surface area contributed by atoms with Crippen LogP contribution in [0.5, 0.6) is 5.75 Å². The summed E-state index contributed by atoms with van der Waals surface area (Å²) >= 11 is 1.21. The number of aliphatic hydroxyl groups is 1. The van der Waals surface area contributed by atoms with Gasteiger partial charge in [0.25, 0.3) is 11.6 Å². The van der Waals surface area contributed by atoms with Crippen molar-refractivity contribution in [3.05, 3.63) is 178 Å². The number of nitrogens with zero attached hydrogens (tertiary/aromatic N) is 5. The van der Waals surface area contributed by atoms with Gasteiger partial charge in [0.15, 0.2) is 17.0 Å². The lowest BCUT2D eigenvalue weighted by Crippen LogP contribution is -2.28. The van der Waals surface area contributed by atoms with Gasteiger partial charge >= 0.3 is 5.97 Å². The third-order valence-corrected chi connectivity index (χ3v) is 11.1. The number of nitro groups is 1. The van der Waals surface area contributed by atoms with Crippen LogP contribution in [0.4, 0.5) is 11.5 Å². The molecule has 1 aliphatic heterocycles. The molecule has 0 spiro atoms. The minimum absolute atomic E-state index is 0.0722. The molecule has 2 N–H and O–H groups in total. The maximum Gasteiger partial charge on any atom is 0.339 e. The number of aromatic nitrogens is 4.